The molecule has 2 aromatic rings. The Bertz CT molecular complexity index is 789. The lowest BCUT2D eigenvalue weighted by Gasteiger charge is -2.30. The maximum absolute atomic E-state index is 12.5. The highest BCUT2D eigenvalue weighted by molar-refractivity contribution is 5.93. The number of hydrogen-bond acceptors (Lipinski definition) is 5. The summed E-state index contributed by atoms with van der Waals surface area (Å²) in [5.74, 6) is -0.109. The standard InChI is InChI=1S/C21H26N4O2/c26-21(23-8-10-24-11-13-27-14-12-24)20-15-19(5-7-22-20)25-9-6-17-3-1-2-4-18(17)16-25/h1-5,7,15H,6,8-14,16H2,(H,23,26). The minimum atomic E-state index is -0.109. The number of amides is 1. The SMILES string of the molecule is O=C(NCCN1CCOCC1)c1cc(N2CCc3ccccc3C2)ccn1. The average Bonchev–Trinajstić information content (AvgIpc) is 2.74. The number of morpholine rings is 1. The molecule has 1 amide bonds. The Labute approximate surface area is 160 Å². The van der Waals surface area contributed by atoms with Gasteiger partial charge in [0.25, 0.3) is 5.91 Å². The number of ether oxygens (including phenoxy) is 1. The Morgan fingerprint density at radius 1 is 1.11 bits per heavy atom. The molecule has 1 aromatic carbocycles. The highest BCUT2D eigenvalue weighted by Crippen LogP contribution is 2.24. The molecule has 6 heteroatoms. The summed E-state index contributed by atoms with van der Waals surface area (Å²) in [7, 11) is 0. The van der Waals surface area contributed by atoms with Crippen molar-refractivity contribution in [3.8, 4) is 0 Å². The molecule has 0 aliphatic carbocycles. The maximum atomic E-state index is 12.5. The summed E-state index contributed by atoms with van der Waals surface area (Å²) >= 11 is 0. The molecule has 3 heterocycles. The fraction of sp³-hybridized carbons (Fsp3) is 0.429. The summed E-state index contributed by atoms with van der Waals surface area (Å²) < 4.78 is 5.35. The Kier molecular flexibility index (Phi) is 5.65. The molecule has 0 unspecified atom stereocenters. The molecular weight excluding hydrogens is 340 g/mol. The number of carbonyl (C=O) groups excluding carboxylic acids is 1. The van der Waals surface area contributed by atoms with Crippen molar-refractivity contribution in [2.75, 3.05) is 50.8 Å². The van der Waals surface area contributed by atoms with Crippen LogP contribution in [0.15, 0.2) is 42.6 Å². The van der Waals surface area contributed by atoms with E-state index in [9.17, 15) is 4.79 Å². The molecule has 27 heavy (non-hydrogen) atoms. The van der Waals surface area contributed by atoms with Gasteiger partial charge in [0.05, 0.1) is 13.2 Å². The Hall–Kier alpha value is -2.44. The quantitative estimate of drug-likeness (QED) is 0.873. The van der Waals surface area contributed by atoms with Crippen LogP contribution in [0, 0.1) is 0 Å². The second-order valence-corrected chi connectivity index (χ2v) is 7.05. The summed E-state index contributed by atoms with van der Waals surface area (Å²) in [6, 6.07) is 12.5. The highest BCUT2D eigenvalue weighted by atomic mass is 16.5. The van der Waals surface area contributed by atoms with Gasteiger partial charge in [0, 0.05) is 51.2 Å². The van der Waals surface area contributed by atoms with Crippen molar-refractivity contribution >= 4 is 11.6 Å². The largest absolute Gasteiger partial charge is 0.379 e. The number of hydrogen-bond donors (Lipinski definition) is 1. The van der Waals surface area contributed by atoms with E-state index in [1.54, 1.807) is 6.20 Å². The van der Waals surface area contributed by atoms with Crippen molar-refractivity contribution in [2.24, 2.45) is 0 Å². The van der Waals surface area contributed by atoms with Gasteiger partial charge in [0.1, 0.15) is 5.69 Å². The van der Waals surface area contributed by atoms with E-state index in [1.165, 1.54) is 11.1 Å². The monoisotopic (exact) mass is 366 g/mol. The summed E-state index contributed by atoms with van der Waals surface area (Å²) in [6.45, 7) is 6.71. The predicted octanol–water partition coefficient (Wildman–Crippen LogP) is 1.71. The highest BCUT2D eigenvalue weighted by Gasteiger charge is 2.18. The zero-order chi connectivity index (χ0) is 18.5. The number of fused-ring (bicyclic) bond motifs is 1. The molecule has 2 aliphatic heterocycles. The first-order valence-corrected chi connectivity index (χ1v) is 9.66. The molecule has 2 aliphatic rings. The van der Waals surface area contributed by atoms with Crippen molar-refractivity contribution in [3.05, 3.63) is 59.4 Å². The van der Waals surface area contributed by atoms with E-state index in [1.807, 2.05) is 12.1 Å². The van der Waals surface area contributed by atoms with Crippen molar-refractivity contribution in [1.82, 2.24) is 15.2 Å². The van der Waals surface area contributed by atoms with E-state index < -0.39 is 0 Å². The van der Waals surface area contributed by atoms with Gasteiger partial charge in [-0.1, -0.05) is 24.3 Å². The first kappa shape index (κ1) is 17.9. The first-order chi connectivity index (χ1) is 13.3. The summed E-state index contributed by atoms with van der Waals surface area (Å²) in [6.07, 6.45) is 2.76. The molecule has 1 saturated heterocycles. The molecule has 1 N–H and O–H groups in total. The smallest absolute Gasteiger partial charge is 0.269 e. The summed E-state index contributed by atoms with van der Waals surface area (Å²) in [5, 5.41) is 2.99. The Morgan fingerprint density at radius 2 is 1.93 bits per heavy atom. The van der Waals surface area contributed by atoms with Crippen LogP contribution in [0.2, 0.25) is 0 Å². The van der Waals surface area contributed by atoms with Crippen LogP contribution in [-0.4, -0.2) is 61.7 Å². The number of aromatic nitrogens is 1. The predicted molar refractivity (Wildman–Crippen MR) is 105 cm³/mol. The lowest BCUT2D eigenvalue weighted by molar-refractivity contribution is 0.0383. The molecule has 0 radical (unpaired) electrons. The zero-order valence-electron chi connectivity index (χ0n) is 15.6. The van der Waals surface area contributed by atoms with E-state index in [4.69, 9.17) is 4.74 Å². The van der Waals surface area contributed by atoms with Gasteiger partial charge in [-0.25, -0.2) is 0 Å². The fourth-order valence-electron chi connectivity index (χ4n) is 3.70. The molecule has 6 nitrogen and oxygen atoms in total. The molecule has 0 bridgehead atoms. The van der Waals surface area contributed by atoms with Crippen LogP contribution >= 0.6 is 0 Å². The van der Waals surface area contributed by atoms with Gasteiger partial charge in [-0.15, -0.1) is 0 Å². The molecule has 1 fully saturated rings. The van der Waals surface area contributed by atoms with Gasteiger partial charge in [-0.3, -0.25) is 14.7 Å². The minimum absolute atomic E-state index is 0.109. The lowest BCUT2D eigenvalue weighted by atomic mass is 9.99. The Balaban J connectivity index is 1.35. The van der Waals surface area contributed by atoms with Crippen LogP contribution in [0.1, 0.15) is 21.6 Å². The number of nitrogens with zero attached hydrogens (tertiary/aromatic N) is 3. The number of rotatable bonds is 5. The maximum Gasteiger partial charge on any atom is 0.269 e. The second kappa shape index (κ2) is 8.50. The molecule has 4 rings (SSSR count). The van der Waals surface area contributed by atoms with E-state index in [2.05, 4.69) is 44.4 Å². The lowest BCUT2D eigenvalue weighted by Crippen LogP contribution is -2.41. The van der Waals surface area contributed by atoms with E-state index in [0.29, 0.717) is 12.2 Å². The van der Waals surface area contributed by atoms with Crippen molar-refractivity contribution in [2.45, 2.75) is 13.0 Å². The average molecular weight is 366 g/mol. The first-order valence-electron chi connectivity index (χ1n) is 9.66. The number of benzene rings is 1. The van der Waals surface area contributed by atoms with Crippen molar-refractivity contribution in [1.29, 1.82) is 0 Å². The number of carbonyl (C=O) groups is 1. The van der Waals surface area contributed by atoms with Gasteiger partial charge >= 0.3 is 0 Å². The van der Waals surface area contributed by atoms with Gasteiger partial charge in [0.2, 0.25) is 0 Å². The molecule has 1 aromatic heterocycles. The number of nitrogens with one attached hydrogen (secondary N) is 1. The van der Waals surface area contributed by atoms with E-state index in [0.717, 1.165) is 58.0 Å². The van der Waals surface area contributed by atoms with Crippen molar-refractivity contribution in [3.63, 3.8) is 0 Å². The van der Waals surface area contributed by atoms with Gasteiger partial charge < -0.3 is 15.0 Å². The third-order valence-electron chi connectivity index (χ3n) is 5.29. The van der Waals surface area contributed by atoms with Crippen LogP contribution in [-0.2, 0) is 17.7 Å². The van der Waals surface area contributed by atoms with Crippen LogP contribution in [0.3, 0.4) is 0 Å². The Morgan fingerprint density at radius 3 is 2.78 bits per heavy atom. The molecule has 142 valence electrons. The summed E-state index contributed by atoms with van der Waals surface area (Å²) in [4.78, 5) is 21.4. The van der Waals surface area contributed by atoms with Crippen LogP contribution in [0.25, 0.3) is 0 Å². The molecule has 0 atom stereocenters. The molecular formula is C21H26N4O2. The third-order valence-corrected chi connectivity index (χ3v) is 5.29. The zero-order valence-corrected chi connectivity index (χ0v) is 15.6. The molecule has 0 saturated carbocycles. The summed E-state index contributed by atoms with van der Waals surface area (Å²) in [5.41, 5.74) is 4.31. The normalized spacial score (nSPS) is 17.4. The van der Waals surface area contributed by atoms with E-state index >= 15 is 0 Å². The topological polar surface area (TPSA) is 57.7 Å². The van der Waals surface area contributed by atoms with Crippen LogP contribution in [0.5, 0.6) is 0 Å². The van der Waals surface area contributed by atoms with Gasteiger partial charge in [-0.05, 0) is 29.7 Å². The van der Waals surface area contributed by atoms with Crippen LogP contribution < -0.4 is 10.2 Å². The third kappa shape index (κ3) is 4.46. The van der Waals surface area contributed by atoms with Crippen molar-refractivity contribution < 1.29 is 9.53 Å². The van der Waals surface area contributed by atoms with Crippen LogP contribution in [0.4, 0.5) is 5.69 Å². The van der Waals surface area contributed by atoms with E-state index in [-0.39, 0.29) is 5.91 Å². The fourth-order valence-corrected chi connectivity index (χ4v) is 3.70. The second-order valence-electron chi connectivity index (χ2n) is 7.05. The molecule has 0 spiro atoms. The number of pyridine rings is 1. The minimum Gasteiger partial charge on any atom is -0.379 e. The van der Waals surface area contributed by atoms with Gasteiger partial charge in [0.15, 0.2) is 0 Å². The number of anilines is 1. The van der Waals surface area contributed by atoms with Gasteiger partial charge in [-0.2, -0.15) is 0 Å².